The van der Waals surface area contributed by atoms with E-state index >= 15 is 0 Å². The number of aromatic nitrogens is 4. The highest BCUT2D eigenvalue weighted by Crippen LogP contribution is 2.33. The van der Waals surface area contributed by atoms with Crippen molar-refractivity contribution < 1.29 is 4.79 Å². The Labute approximate surface area is 224 Å². The second-order valence-corrected chi connectivity index (χ2v) is 10.4. The summed E-state index contributed by atoms with van der Waals surface area (Å²) in [5.74, 6) is 0.773. The van der Waals surface area contributed by atoms with Crippen molar-refractivity contribution in [2.75, 3.05) is 12.3 Å². The van der Waals surface area contributed by atoms with Crippen molar-refractivity contribution in [3.05, 3.63) is 119 Å². The Bertz CT molecular complexity index is 1580. The molecule has 1 atom stereocenters. The van der Waals surface area contributed by atoms with Gasteiger partial charge >= 0.3 is 0 Å². The Kier molecular flexibility index (Phi) is 6.79. The summed E-state index contributed by atoms with van der Waals surface area (Å²) in [7, 11) is 0. The van der Waals surface area contributed by atoms with Gasteiger partial charge in [0.2, 0.25) is 5.91 Å². The van der Waals surface area contributed by atoms with E-state index in [1.165, 1.54) is 22.9 Å². The molecule has 3 aromatic carbocycles. The Morgan fingerprint density at radius 2 is 1.58 bits per heavy atom. The second kappa shape index (κ2) is 10.7. The van der Waals surface area contributed by atoms with Crippen molar-refractivity contribution in [2.24, 2.45) is 0 Å². The maximum atomic E-state index is 13.4. The highest BCUT2D eigenvalue weighted by molar-refractivity contribution is 7.99. The van der Waals surface area contributed by atoms with E-state index in [4.69, 9.17) is 4.98 Å². The summed E-state index contributed by atoms with van der Waals surface area (Å²) < 4.78 is 3.36. The first-order chi connectivity index (χ1) is 18.7. The van der Waals surface area contributed by atoms with Crippen LogP contribution in [0.3, 0.4) is 0 Å². The van der Waals surface area contributed by atoms with Gasteiger partial charge in [0.05, 0.1) is 17.9 Å². The van der Waals surface area contributed by atoms with E-state index in [0.717, 1.165) is 12.1 Å². The normalized spacial score (nSPS) is 14.6. The SMILES string of the molecule is O=C(CC1CSc2nc3c(cnn3-c3ccccc3)c(=O)n21)NCCC(c1ccccc1)c1ccccc1. The first kappa shape index (κ1) is 24.2. The van der Waals surface area contributed by atoms with Gasteiger partial charge in [-0.25, -0.2) is 9.67 Å². The van der Waals surface area contributed by atoms with E-state index in [2.05, 4.69) is 34.7 Å². The number of benzene rings is 3. The maximum absolute atomic E-state index is 13.4. The highest BCUT2D eigenvalue weighted by atomic mass is 32.2. The molecule has 1 aliphatic heterocycles. The van der Waals surface area contributed by atoms with Crippen molar-refractivity contribution in [1.82, 2.24) is 24.6 Å². The molecular formula is C30H27N5O2S. The number of amides is 1. The van der Waals surface area contributed by atoms with Crippen LogP contribution in [0.1, 0.15) is 35.9 Å². The highest BCUT2D eigenvalue weighted by Gasteiger charge is 2.29. The van der Waals surface area contributed by atoms with Crippen LogP contribution in [0, 0.1) is 0 Å². The van der Waals surface area contributed by atoms with Crippen molar-refractivity contribution in [2.45, 2.75) is 30.0 Å². The first-order valence-corrected chi connectivity index (χ1v) is 13.7. The molecule has 190 valence electrons. The molecule has 0 aliphatic carbocycles. The van der Waals surface area contributed by atoms with Gasteiger partial charge in [-0.2, -0.15) is 5.10 Å². The largest absolute Gasteiger partial charge is 0.356 e. The lowest BCUT2D eigenvalue weighted by Crippen LogP contribution is -2.31. The van der Waals surface area contributed by atoms with E-state index in [1.807, 2.05) is 66.7 Å². The molecule has 38 heavy (non-hydrogen) atoms. The van der Waals surface area contributed by atoms with Gasteiger partial charge in [-0.3, -0.25) is 14.2 Å². The molecule has 5 aromatic rings. The van der Waals surface area contributed by atoms with Gasteiger partial charge in [0, 0.05) is 24.6 Å². The molecule has 1 amide bonds. The van der Waals surface area contributed by atoms with Crippen molar-refractivity contribution in [3.8, 4) is 5.69 Å². The predicted octanol–water partition coefficient (Wildman–Crippen LogP) is 4.96. The number of carbonyl (C=O) groups is 1. The molecule has 1 unspecified atom stereocenters. The number of hydrogen-bond acceptors (Lipinski definition) is 5. The summed E-state index contributed by atoms with van der Waals surface area (Å²) in [6, 6.07) is 30.2. The van der Waals surface area contributed by atoms with E-state index < -0.39 is 0 Å². The van der Waals surface area contributed by atoms with E-state index in [0.29, 0.717) is 28.5 Å². The zero-order valence-corrected chi connectivity index (χ0v) is 21.6. The number of fused-ring (bicyclic) bond motifs is 2. The second-order valence-electron chi connectivity index (χ2n) is 9.38. The molecule has 7 nitrogen and oxygen atoms in total. The summed E-state index contributed by atoms with van der Waals surface area (Å²) in [4.78, 5) is 31.1. The van der Waals surface area contributed by atoms with Crippen LogP contribution in [-0.2, 0) is 4.79 Å². The maximum Gasteiger partial charge on any atom is 0.265 e. The van der Waals surface area contributed by atoms with Gasteiger partial charge < -0.3 is 5.32 Å². The van der Waals surface area contributed by atoms with Crippen LogP contribution in [0.15, 0.2) is 107 Å². The van der Waals surface area contributed by atoms with Crippen LogP contribution in [0.2, 0.25) is 0 Å². The molecule has 3 heterocycles. The zero-order chi connectivity index (χ0) is 25.9. The quantitative estimate of drug-likeness (QED) is 0.292. The summed E-state index contributed by atoms with van der Waals surface area (Å²) in [5, 5.41) is 8.59. The molecule has 1 aliphatic rings. The number of nitrogens with one attached hydrogen (secondary N) is 1. The number of thioether (sulfide) groups is 1. The fourth-order valence-electron chi connectivity index (χ4n) is 5.08. The summed E-state index contributed by atoms with van der Waals surface area (Å²) in [6.07, 6.45) is 2.59. The minimum absolute atomic E-state index is 0.0599. The number of hydrogen-bond donors (Lipinski definition) is 1. The Morgan fingerprint density at radius 1 is 0.947 bits per heavy atom. The van der Waals surface area contributed by atoms with Crippen LogP contribution in [0.4, 0.5) is 0 Å². The Hall–Kier alpha value is -4.17. The lowest BCUT2D eigenvalue weighted by Gasteiger charge is -2.19. The molecule has 1 N–H and O–H groups in total. The van der Waals surface area contributed by atoms with Gasteiger partial charge in [0.25, 0.3) is 5.56 Å². The molecule has 6 rings (SSSR count). The van der Waals surface area contributed by atoms with E-state index in [-0.39, 0.29) is 29.8 Å². The number of para-hydroxylation sites is 1. The Balaban J connectivity index is 1.15. The number of carbonyl (C=O) groups excluding carboxylic acids is 1. The zero-order valence-electron chi connectivity index (χ0n) is 20.7. The van der Waals surface area contributed by atoms with Crippen LogP contribution >= 0.6 is 11.8 Å². The molecule has 0 radical (unpaired) electrons. The molecule has 0 saturated carbocycles. The third-order valence-electron chi connectivity index (χ3n) is 6.95. The third-order valence-corrected chi connectivity index (χ3v) is 8.05. The fraction of sp³-hybridized carbons (Fsp3) is 0.200. The van der Waals surface area contributed by atoms with Crippen LogP contribution in [0.25, 0.3) is 16.7 Å². The lowest BCUT2D eigenvalue weighted by molar-refractivity contribution is -0.121. The predicted molar refractivity (Wildman–Crippen MR) is 150 cm³/mol. The van der Waals surface area contributed by atoms with Gasteiger partial charge in [-0.05, 0) is 29.7 Å². The average Bonchev–Trinajstić information content (AvgIpc) is 3.57. The molecular weight excluding hydrogens is 494 g/mol. The van der Waals surface area contributed by atoms with E-state index in [9.17, 15) is 9.59 Å². The molecule has 0 bridgehead atoms. The van der Waals surface area contributed by atoms with Gasteiger partial charge in [0.15, 0.2) is 10.8 Å². The minimum Gasteiger partial charge on any atom is -0.356 e. The van der Waals surface area contributed by atoms with E-state index in [1.54, 1.807) is 15.4 Å². The molecule has 0 fully saturated rings. The molecule has 0 saturated heterocycles. The smallest absolute Gasteiger partial charge is 0.265 e. The van der Waals surface area contributed by atoms with Gasteiger partial charge in [-0.1, -0.05) is 90.6 Å². The minimum atomic E-state index is -0.237. The molecule has 8 heteroatoms. The van der Waals surface area contributed by atoms with Crippen molar-refractivity contribution in [1.29, 1.82) is 0 Å². The molecule has 0 spiro atoms. The average molecular weight is 522 g/mol. The number of nitrogens with zero attached hydrogens (tertiary/aromatic N) is 4. The van der Waals surface area contributed by atoms with Crippen molar-refractivity contribution >= 4 is 28.7 Å². The summed E-state index contributed by atoms with van der Waals surface area (Å²) in [6.45, 7) is 0.552. The summed E-state index contributed by atoms with van der Waals surface area (Å²) in [5.41, 5.74) is 3.70. The molecule has 2 aromatic heterocycles. The number of rotatable bonds is 8. The van der Waals surface area contributed by atoms with Crippen molar-refractivity contribution in [3.63, 3.8) is 0 Å². The van der Waals surface area contributed by atoms with Gasteiger partial charge in [-0.15, -0.1) is 0 Å². The van der Waals surface area contributed by atoms with Crippen LogP contribution in [0.5, 0.6) is 0 Å². The Morgan fingerprint density at radius 3 is 2.24 bits per heavy atom. The third kappa shape index (κ3) is 4.75. The van der Waals surface area contributed by atoms with Crippen LogP contribution < -0.4 is 10.9 Å². The monoisotopic (exact) mass is 521 g/mol. The standard InChI is InChI=1S/C30H27N5O2S/c36-27(31-17-16-25(21-10-4-1-5-11-21)22-12-6-2-7-13-22)18-24-20-38-30-33-28-26(29(37)34(24)30)19-32-35(28)23-14-8-3-9-15-23/h1-15,19,24-25H,16-18,20H2,(H,31,36). The lowest BCUT2D eigenvalue weighted by atomic mass is 9.88. The van der Waals surface area contributed by atoms with Gasteiger partial charge in [0.1, 0.15) is 5.39 Å². The fourth-order valence-corrected chi connectivity index (χ4v) is 6.21. The topological polar surface area (TPSA) is 81.8 Å². The van der Waals surface area contributed by atoms with Crippen LogP contribution in [-0.4, -0.2) is 37.5 Å². The first-order valence-electron chi connectivity index (χ1n) is 12.7. The summed E-state index contributed by atoms with van der Waals surface area (Å²) >= 11 is 1.51.